The first-order valence-corrected chi connectivity index (χ1v) is 25.0. The van der Waals surface area contributed by atoms with Gasteiger partial charge in [-0.05, 0) is 158 Å². The molecule has 0 amide bonds. The molecule has 0 N–H and O–H groups in total. The van der Waals surface area contributed by atoms with Crippen molar-refractivity contribution in [2.75, 3.05) is 9.80 Å². The molecule has 0 saturated carbocycles. The molecule has 0 bridgehead atoms. The van der Waals surface area contributed by atoms with Crippen LogP contribution in [0.4, 0.5) is 34.1 Å². The molecule has 0 atom stereocenters. The van der Waals surface area contributed by atoms with Gasteiger partial charge in [0.2, 0.25) is 0 Å². The predicted octanol–water partition coefficient (Wildman–Crippen LogP) is 19.0. The van der Waals surface area contributed by atoms with Crippen molar-refractivity contribution in [3.63, 3.8) is 0 Å². The number of benzene rings is 11. The van der Waals surface area contributed by atoms with E-state index in [1.807, 2.05) is 0 Å². The number of para-hydroxylation sites is 4. The van der Waals surface area contributed by atoms with Crippen LogP contribution in [-0.2, 0) is 13.1 Å². The highest BCUT2D eigenvalue weighted by molar-refractivity contribution is 6.27. The van der Waals surface area contributed by atoms with Crippen LogP contribution in [-0.4, -0.2) is 9.13 Å². The van der Waals surface area contributed by atoms with E-state index in [0.29, 0.717) is 0 Å². The number of aromatic nitrogens is 2. The van der Waals surface area contributed by atoms with E-state index in [4.69, 9.17) is 8.83 Å². The first-order valence-electron chi connectivity index (χ1n) is 25.0. The van der Waals surface area contributed by atoms with Gasteiger partial charge >= 0.3 is 0 Å². The van der Waals surface area contributed by atoms with E-state index < -0.39 is 0 Å². The van der Waals surface area contributed by atoms with Crippen LogP contribution in [0.25, 0.3) is 109 Å². The molecular weight excluding hydrogens is 881 g/mol. The zero-order valence-electron chi connectivity index (χ0n) is 39.8. The Hall–Kier alpha value is -9.26. The van der Waals surface area contributed by atoms with Gasteiger partial charge in [-0.2, -0.15) is 0 Å². The third-order valence-electron chi connectivity index (χ3n) is 15.2. The summed E-state index contributed by atoms with van der Waals surface area (Å²) in [5.41, 5.74) is 15.0. The van der Waals surface area contributed by atoms with E-state index >= 15 is 0 Å². The van der Waals surface area contributed by atoms with E-state index in [9.17, 15) is 0 Å². The maximum absolute atomic E-state index is 7.06. The summed E-state index contributed by atoms with van der Waals surface area (Å²) >= 11 is 0. The lowest BCUT2D eigenvalue weighted by molar-refractivity contribution is 0.666. The summed E-state index contributed by atoms with van der Waals surface area (Å²) in [6.45, 7) is 6.26. The third-order valence-corrected chi connectivity index (χ3v) is 15.2. The number of fused-ring (bicyclic) bond motifs is 17. The molecule has 0 aliphatic rings. The lowest BCUT2D eigenvalue weighted by Crippen LogP contribution is -2.09. The van der Waals surface area contributed by atoms with E-state index in [2.05, 4.69) is 251 Å². The van der Waals surface area contributed by atoms with Gasteiger partial charge in [-0.25, -0.2) is 0 Å². The maximum Gasteiger partial charge on any atom is 0.147 e. The molecule has 72 heavy (non-hydrogen) atoms. The summed E-state index contributed by atoms with van der Waals surface area (Å²) < 4.78 is 18.7. The van der Waals surface area contributed by atoms with Crippen molar-refractivity contribution in [1.29, 1.82) is 0 Å². The van der Waals surface area contributed by atoms with E-state index in [-0.39, 0.29) is 0 Å². The van der Waals surface area contributed by atoms with Gasteiger partial charge < -0.3 is 27.8 Å². The van der Waals surface area contributed by atoms with E-state index in [0.717, 1.165) is 113 Å². The summed E-state index contributed by atoms with van der Waals surface area (Å²) in [4.78, 5) is 4.72. The molecule has 342 valence electrons. The Morgan fingerprint density at radius 2 is 0.722 bits per heavy atom. The van der Waals surface area contributed by atoms with Crippen molar-refractivity contribution in [2.45, 2.75) is 26.9 Å². The van der Waals surface area contributed by atoms with Crippen LogP contribution < -0.4 is 9.80 Å². The minimum Gasteiger partial charge on any atom is -0.455 e. The number of rotatable bonds is 8. The van der Waals surface area contributed by atoms with Crippen LogP contribution in [0.1, 0.15) is 13.8 Å². The Labute approximate surface area is 414 Å². The summed E-state index contributed by atoms with van der Waals surface area (Å²) in [6, 6.07) is 79.1. The molecular formula is C66H46N4O2. The molecule has 6 nitrogen and oxygen atoms in total. The molecule has 15 aromatic rings. The normalized spacial score (nSPS) is 12.1. The van der Waals surface area contributed by atoms with Crippen LogP contribution in [0.3, 0.4) is 0 Å². The minimum atomic E-state index is 0.808. The van der Waals surface area contributed by atoms with Gasteiger partial charge in [-0.3, -0.25) is 0 Å². The van der Waals surface area contributed by atoms with Crippen LogP contribution >= 0.6 is 0 Å². The van der Waals surface area contributed by atoms with E-state index in [1.54, 1.807) is 0 Å². The molecule has 4 heterocycles. The maximum atomic E-state index is 7.06. The fraction of sp³-hybridized carbons (Fsp3) is 0.0606. The van der Waals surface area contributed by atoms with Gasteiger partial charge in [-0.15, -0.1) is 0 Å². The zero-order chi connectivity index (χ0) is 47.6. The molecule has 4 aromatic heterocycles. The lowest BCUT2D eigenvalue weighted by atomic mass is 10.0. The molecule has 0 saturated heterocycles. The second-order valence-corrected chi connectivity index (χ2v) is 19.0. The molecule has 0 spiro atoms. The fourth-order valence-corrected chi connectivity index (χ4v) is 12.0. The number of anilines is 6. The average Bonchev–Trinajstić information content (AvgIpc) is 4.19. The van der Waals surface area contributed by atoms with Crippen molar-refractivity contribution < 1.29 is 8.83 Å². The summed E-state index contributed by atoms with van der Waals surface area (Å²) in [6.07, 6.45) is 0. The standard InChI is InChI=1S/C66H46N4O2/c1-3-67-58-21-13-11-19-51(58)56-39-47(27-34-60(56)67)69(43-15-7-5-8-16-43)45-25-31-49-41(37-45)23-29-53-54-33-36-62-63(66(54)72-64(49)53)55-30-24-42-38-46(26-32-50(42)65(55)71-62)70(44-17-9-6-10-18-44)48-28-35-61-57(40-48)52-20-12-14-22-59(52)68(61)4-2/h5-40H,3-4H2,1-2H3. The zero-order valence-corrected chi connectivity index (χ0v) is 39.8. The summed E-state index contributed by atoms with van der Waals surface area (Å²) in [7, 11) is 0. The molecule has 0 aliphatic carbocycles. The monoisotopic (exact) mass is 926 g/mol. The van der Waals surface area contributed by atoms with Gasteiger partial charge in [0.15, 0.2) is 0 Å². The SMILES string of the molecule is CCn1c2ccccc2c2cc(N(c3ccccc3)c3ccc4c(ccc5c6ccc7oc8c9ccc(N(c%10ccccc%10)c%10ccc%11c(c%10)c%10ccccc%10n%11CC)cc9ccc8c7c6oc45)c3)ccc21. The first-order chi connectivity index (χ1) is 35.6. The van der Waals surface area contributed by atoms with Gasteiger partial charge in [0, 0.05) is 118 Å². The quantitative estimate of drug-likeness (QED) is 0.152. The third kappa shape index (κ3) is 5.90. The molecule has 0 aliphatic heterocycles. The first kappa shape index (κ1) is 40.6. The largest absolute Gasteiger partial charge is 0.455 e. The van der Waals surface area contributed by atoms with Crippen LogP contribution in [0, 0.1) is 0 Å². The minimum absolute atomic E-state index is 0.808. The Balaban J connectivity index is 0.844. The molecule has 11 aromatic carbocycles. The lowest BCUT2D eigenvalue weighted by Gasteiger charge is -2.26. The highest BCUT2D eigenvalue weighted by Crippen LogP contribution is 2.46. The van der Waals surface area contributed by atoms with Crippen LogP contribution in [0.15, 0.2) is 227 Å². The van der Waals surface area contributed by atoms with Gasteiger partial charge in [-0.1, -0.05) is 84.9 Å². The van der Waals surface area contributed by atoms with Crippen LogP contribution in [0.5, 0.6) is 0 Å². The molecule has 0 fully saturated rings. The van der Waals surface area contributed by atoms with Crippen molar-refractivity contribution in [3.05, 3.63) is 218 Å². The predicted molar refractivity (Wildman–Crippen MR) is 303 cm³/mol. The Bertz CT molecular complexity index is 4670. The van der Waals surface area contributed by atoms with Gasteiger partial charge in [0.05, 0.1) is 5.39 Å². The van der Waals surface area contributed by atoms with Crippen molar-refractivity contribution in [1.82, 2.24) is 9.13 Å². The Morgan fingerprint density at radius 3 is 1.26 bits per heavy atom. The van der Waals surface area contributed by atoms with Gasteiger partial charge in [0.25, 0.3) is 0 Å². The molecule has 6 heteroatoms. The number of nitrogens with zero attached hydrogens (tertiary/aromatic N) is 4. The van der Waals surface area contributed by atoms with Crippen molar-refractivity contribution in [2.24, 2.45) is 0 Å². The van der Waals surface area contributed by atoms with E-state index in [1.165, 1.54) is 43.6 Å². The number of aryl methyl sites for hydroxylation is 2. The van der Waals surface area contributed by atoms with Crippen LogP contribution in [0.2, 0.25) is 0 Å². The summed E-state index contributed by atoms with van der Waals surface area (Å²) in [5.74, 6) is 0. The smallest absolute Gasteiger partial charge is 0.147 e. The Kier molecular flexibility index (Phi) is 8.81. The van der Waals surface area contributed by atoms with Gasteiger partial charge in [0.1, 0.15) is 22.3 Å². The summed E-state index contributed by atoms with van der Waals surface area (Å²) in [5, 5.41) is 13.6. The van der Waals surface area contributed by atoms with Crippen molar-refractivity contribution in [3.8, 4) is 0 Å². The second kappa shape index (κ2) is 15.6. The van der Waals surface area contributed by atoms with Crippen molar-refractivity contribution >= 4 is 143 Å². The molecule has 15 rings (SSSR count). The number of hydrogen-bond acceptors (Lipinski definition) is 4. The highest BCUT2D eigenvalue weighted by Gasteiger charge is 2.23. The fourth-order valence-electron chi connectivity index (χ4n) is 12.0. The number of furan rings is 2. The average molecular weight is 927 g/mol. The highest BCUT2D eigenvalue weighted by atomic mass is 16.3. The molecule has 0 unspecified atom stereocenters. The topological polar surface area (TPSA) is 42.6 Å². The second-order valence-electron chi connectivity index (χ2n) is 19.0. The number of hydrogen-bond donors (Lipinski definition) is 0. The Morgan fingerprint density at radius 1 is 0.306 bits per heavy atom. The molecule has 0 radical (unpaired) electrons.